The Bertz CT molecular complexity index is 392. The number of ether oxygens (including phenoxy) is 1. The van der Waals surface area contributed by atoms with Crippen LogP contribution in [-0.2, 0) is 13.0 Å². The summed E-state index contributed by atoms with van der Waals surface area (Å²) in [6.45, 7) is 4.77. The quantitative estimate of drug-likeness (QED) is 0.864. The van der Waals surface area contributed by atoms with Crippen LogP contribution in [-0.4, -0.2) is 36.8 Å². The lowest BCUT2D eigenvalue weighted by Crippen LogP contribution is -2.16. The first-order chi connectivity index (χ1) is 8.45. The summed E-state index contributed by atoms with van der Waals surface area (Å²) < 4.78 is 5.71. The maximum absolute atomic E-state index is 9.32. The molecule has 0 aliphatic carbocycles. The van der Waals surface area contributed by atoms with E-state index in [1.165, 1.54) is 0 Å². The van der Waals surface area contributed by atoms with E-state index in [1.54, 1.807) is 0 Å². The standard InChI is InChI=1S/C14H22ClNO2/c1-10(2)18-14-12(9-17)6-5-11(13(14)15)7-8-16(3)4/h5-6,10,17H,7-9H2,1-4H3. The molecular weight excluding hydrogens is 250 g/mol. The Balaban J connectivity index is 3.00. The second-order valence-corrected chi connectivity index (χ2v) is 5.28. The molecular formula is C14H22ClNO2. The van der Waals surface area contributed by atoms with Crippen molar-refractivity contribution in [3.05, 3.63) is 28.3 Å². The molecule has 0 saturated heterocycles. The summed E-state index contributed by atoms with van der Waals surface area (Å²) in [6, 6.07) is 3.85. The summed E-state index contributed by atoms with van der Waals surface area (Å²) in [7, 11) is 4.06. The van der Waals surface area contributed by atoms with Crippen molar-refractivity contribution < 1.29 is 9.84 Å². The van der Waals surface area contributed by atoms with Crippen LogP contribution in [0.1, 0.15) is 25.0 Å². The third-order valence-electron chi connectivity index (χ3n) is 2.61. The number of nitrogens with zero attached hydrogens (tertiary/aromatic N) is 1. The zero-order valence-corrected chi connectivity index (χ0v) is 12.3. The highest BCUT2D eigenvalue weighted by atomic mass is 35.5. The lowest BCUT2D eigenvalue weighted by molar-refractivity contribution is 0.225. The Hall–Kier alpha value is -0.770. The largest absolute Gasteiger partial charge is 0.489 e. The predicted octanol–water partition coefficient (Wildman–Crippen LogP) is 2.72. The van der Waals surface area contributed by atoms with Gasteiger partial charge in [0.25, 0.3) is 0 Å². The molecule has 0 fully saturated rings. The van der Waals surface area contributed by atoms with Crippen molar-refractivity contribution in [2.24, 2.45) is 0 Å². The fourth-order valence-electron chi connectivity index (χ4n) is 1.66. The van der Waals surface area contributed by atoms with Gasteiger partial charge in [-0.25, -0.2) is 0 Å². The van der Waals surface area contributed by atoms with E-state index in [9.17, 15) is 5.11 Å². The monoisotopic (exact) mass is 271 g/mol. The SMILES string of the molecule is CC(C)Oc1c(CO)ccc(CCN(C)C)c1Cl. The minimum Gasteiger partial charge on any atom is -0.489 e. The van der Waals surface area contributed by atoms with E-state index in [1.807, 2.05) is 40.1 Å². The maximum Gasteiger partial charge on any atom is 0.144 e. The molecule has 3 nitrogen and oxygen atoms in total. The molecule has 0 aliphatic heterocycles. The summed E-state index contributed by atoms with van der Waals surface area (Å²) in [5.41, 5.74) is 1.79. The Labute approximate surface area is 114 Å². The van der Waals surface area contributed by atoms with Gasteiger partial charge in [0.2, 0.25) is 0 Å². The molecule has 1 N–H and O–H groups in total. The van der Waals surface area contributed by atoms with E-state index in [-0.39, 0.29) is 12.7 Å². The highest BCUT2D eigenvalue weighted by molar-refractivity contribution is 6.33. The van der Waals surface area contributed by atoms with Crippen molar-refractivity contribution in [2.75, 3.05) is 20.6 Å². The van der Waals surface area contributed by atoms with Gasteiger partial charge in [-0.1, -0.05) is 23.7 Å². The first-order valence-electron chi connectivity index (χ1n) is 6.18. The van der Waals surface area contributed by atoms with Gasteiger partial charge in [0.1, 0.15) is 5.75 Å². The van der Waals surface area contributed by atoms with Crippen molar-refractivity contribution in [1.82, 2.24) is 4.90 Å². The minimum absolute atomic E-state index is 0.0388. The number of hydrogen-bond donors (Lipinski definition) is 1. The second kappa shape index (κ2) is 6.98. The first kappa shape index (κ1) is 15.3. The van der Waals surface area contributed by atoms with E-state index in [2.05, 4.69) is 4.90 Å². The lowest BCUT2D eigenvalue weighted by Gasteiger charge is -2.18. The van der Waals surface area contributed by atoms with Gasteiger partial charge in [-0.05, 0) is 39.9 Å². The molecule has 18 heavy (non-hydrogen) atoms. The molecule has 0 heterocycles. The van der Waals surface area contributed by atoms with Crippen LogP contribution in [0.25, 0.3) is 0 Å². The maximum atomic E-state index is 9.32. The molecule has 0 aliphatic rings. The zero-order chi connectivity index (χ0) is 13.7. The van der Waals surface area contributed by atoms with Crippen LogP contribution < -0.4 is 4.74 Å². The summed E-state index contributed by atoms with van der Waals surface area (Å²) in [6.07, 6.45) is 0.906. The molecule has 1 aromatic carbocycles. The molecule has 0 radical (unpaired) electrons. The van der Waals surface area contributed by atoms with E-state index in [0.717, 1.165) is 24.1 Å². The Morgan fingerprint density at radius 2 is 1.89 bits per heavy atom. The van der Waals surface area contributed by atoms with Gasteiger partial charge in [-0.2, -0.15) is 0 Å². The van der Waals surface area contributed by atoms with E-state index in [0.29, 0.717) is 10.8 Å². The van der Waals surface area contributed by atoms with Crippen LogP contribution in [0.2, 0.25) is 5.02 Å². The van der Waals surface area contributed by atoms with Gasteiger partial charge in [-0.3, -0.25) is 0 Å². The average molecular weight is 272 g/mol. The summed E-state index contributed by atoms with van der Waals surface area (Å²) in [4.78, 5) is 2.11. The molecule has 1 aromatic rings. The van der Waals surface area contributed by atoms with Crippen LogP contribution in [0, 0.1) is 0 Å². The van der Waals surface area contributed by atoms with Crippen LogP contribution in [0.4, 0.5) is 0 Å². The number of halogens is 1. The molecule has 0 unspecified atom stereocenters. The number of aliphatic hydroxyl groups excluding tert-OH is 1. The molecule has 1 rings (SSSR count). The fraction of sp³-hybridized carbons (Fsp3) is 0.571. The predicted molar refractivity (Wildman–Crippen MR) is 75.4 cm³/mol. The molecule has 0 atom stereocenters. The number of benzene rings is 1. The van der Waals surface area contributed by atoms with Crippen LogP contribution in [0.3, 0.4) is 0 Å². The first-order valence-corrected chi connectivity index (χ1v) is 6.56. The third kappa shape index (κ3) is 4.16. The second-order valence-electron chi connectivity index (χ2n) is 4.90. The van der Waals surface area contributed by atoms with Crippen LogP contribution in [0.15, 0.2) is 12.1 Å². The Morgan fingerprint density at radius 3 is 2.39 bits per heavy atom. The van der Waals surface area contributed by atoms with E-state index < -0.39 is 0 Å². The van der Waals surface area contributed by atoms with Crippen LogP contribution in [0.5, 0.6) is 5.75 Å². The fourth-order valence-corrected chi connectivity index (χ4v) is 1.98. The number of likely N-dealkylation sites (N-methyl/N-ethyl adjacent to an activating group) is 1. The molecule has 0 aromatic heterocycles. The molecule has 0 saturated carbocycles. The Kier molecular flexibility index (Phi) is 5.93. The Morgan fingerprint density at radius 1 is 1.28 bits per heavy atom. The molecule has 0 bridgehead atoms. The van der Waals surface area contributed by atoms with Gasteiger partial charge in [0.05, 0.1) is 17.7 Å². The van der Waals surface area contributed by atoms with E-state index in [4.69, 9.17) is 16.3 Å². The number of aliphatic hydroxyl groups is 1. The van der Waals surface area contributed by atoms with Gasteiger partial charge < -0.3 is 14.7 Å². The van der Waals surface area contributed by atoms with Gasteiger partial charge in [-0.15, -0.1) is 0 Å². The van der Waals surface area contributed by atoms with Gasteiger partial charge in [0, 0.05) is 12.1 Å². The number of rotatable bonds is 6. The van der Waals surface area contributed by atoms with Crippen molar-refractivity contribution in [3.8, 4) is 5.75 Å². The summed E-state index contributed by atoms with van der Waals surface area (Å²) >= 11 is 6.37. The van der Waals surface area contributed by atoms with Gasteiger partial charge >= 0.3 is 0 Å². The topological polar surface area (TPSA) is 32.7 Å². The normalized spacial score (nSPS) is 11.3. The molecule has 4 heteroatoms. The van der Waals surface area contributed by atoms with Crippen LogP contribution >= 0.6 is 11.6 Å². The highest BCUT2D eigenvalue weighted by Crippen LogP contribution is 2.33. The van der Waals surface area contributed by atoms with Gasteiger partial charge in [0.15, 0.2) is 0 Å². The smallest absolute Gasteiger partial charge is 0.144 e. The summed E-state index contributed by atoms with van der Waals surface area (Å²) in [5.74, 6) is 0.616. The van der Waals surface area contributed by atoms with E-state index >= 15 is 0 Å². The summed E-state index contributed by atoms with van der Waals surface area (Å²) in [5, 5.41) is 9.94. The van der Waals surface area contributed by atoms with Crippen molar-refractivity contribution in [1.29, 1.82) is 0 Å². The highest BCUT2D eigenvalue weighted by Gasteiger charge is 2.14. The third-order valence-corrected chi connectivity index (χ3v) is 3.03. The van der Waals surface area contributed by atoms with Crippen molar-refractivity contribution >= 4 is 11.6 Å². The number of hydrogen-bond acceptors (Lipinski definition) is 3. The molecule has 0 amide bonds. The molecule has 0 spiro atoms. The minimum atomic E-state index is -0.0598. The lowest BCUT2D eigenvalue weighted by atomic mass is 10.1. The molecule has 102 valence electrons. The average Bonchev–Trinajstić information content (AvgIpc) is 2.29. The van der Waals surface area contributed by atoms with Crippen molar-refractivity contribution in [3.63, 3.8) is 0 Å². The zero-order valence-electron chi connectivity index (χ0n) is 11.5. The van der Waals surface area contributed by atoms with Crippen molar-refractivity contribution in [2.45, 2.75) is 33.0 Å².